The predicted octanol–water partition coefficient (Wildman–Crippen LogP) is 1.71. The number of urea groups is 1. The summed E-state index contributed by atoms with van der Waals surface area (Å²) in [4.78, 5) is 27.9. The summed E-state index contributed by atoms with van der Waals surface area (Å²) in [6, 6.07) is 3.87. The van der Waals surface area contributed by atoms with Gasteiger partial charge in [0, 0.05) is 25.6 Å². The van der Waals surface area contributed by atoms with Gasteiger partial charge in [-0.1, -0.05) is 6.42 Å². The number of rotatable bonds is 5. The average Bonchev–Trinajstić information content (AvgIpc) is 3.17. The van der Waals surface area contributed by atoms with Gasteiger partial charge in [-0.3, -0.25) is 9.69 Å². The number of piperidine rings is 2. The number of carbonyl (C=O) groups excluding carboxylic acids is 2. The summed E-state index contributed by atoms with van der Waals surface area (Å²) >= 11 is 0. The second-order valence-corrected chi connectivity index (χ2v) is 6.98. The molecule has 3 N–H and O–H groups in total. The number of nitrogens with one attached hydrogen (secondary N) is 1. The minimum Gasteiger partial charge on any atom is -0.468 e. The van der Waals surface area contributed by atoms with Gasteiger partial charge in [0.05, 0.1) is 12.3 Å². The van der Waals surface area contributed by atoms with Crippen molar-refractivity contribution >= 4 is 11.9 Å². The van der Waals surface area contributed by atoms with Crippen molar-refractivity contribution in [1.82, 2.24) is 15.1 Å². The Bertz CT molecular complexity index is 561. The van der Waals surface area contributed by atoms with Gasteiger partial charge >= 0.3 is 6.03 Å². The Kier molecular flexibility index (Phi) is 5.96. The van der Waals surface area contributed by atoms with E-state index in [4.69, 9.17) is 10.2 Å². The molecular weight excluding hydrogens is 320 g/mol. The fourth-order valence-electron chi connectivity index (χ4n) is 3.78. The maximum atomic E-state index is 12.5. The summed E-state index contributed by atoms with van der Waals surface area (Å²) in [6.45, 7) is 3.75. The molecule has 25 heavy (non-hydrogen) atoms. The van der Waals surface area contributed by atoms with E-state index in [1.807, 2.05) is 12.1 Å². The van der Waals surface area contributed by atoms with Crippen molar-refractivity contribution in [3.8, 4) is 0 Å². The standard InChI is InChI=1S/C18H28N4O3/c19-17(23)14-6-10-22(11-7-14)18(24)20-13-15(16-5-4-12-25-16)21-8-2-1-3-9-21/h4-5,12,14-15H,1-3,6-11,13H2,(H2,19,23)(H,20,24). The van der Waals surface area contributed by atoms with Gasteiger partial charge in [-0.15, -0.1) is 0 Å². The Morgan fingerprint density at radius 3 is 2.52 bits per heavy atom. The first-order valence-electron chi connectivity index (χ1n) is 9.24. The van der Waals surface area contributed by atoms with Crippen molar-refractivity contribution in [3.05, 3.63) is 24.2 Å². The van der Waals surface area contributed by atoms with Gasteiger partial charge in [-0.25, -0.2) is 4.79 Å². The number of likely N-dealkylation sites (tertiary alicyclic amines) is 2. The van der Waals surface area contributed by atoms with Crippen molar-refractivity contribution in [1.29, 1.82) is 0 Å². The van der Waals surface area contributed by atoms with Crippen molar-refractivity contribution in [2.24, 2.45) is 11.7 Å². The largest absolute Gasteiger partial charge is 0.468 e. The molecule has 0 saturated carbocycles. The summed E-state index contributed by atoms with van der Waals surface area (Å²) in [6.07, 6.45) is 6.62. The Balaban J connectivity index is 1.54. The van der Waals surface area contributed by atoms with Crippen LogP contribution >= 0.6 is 0 Å². The molecule has 0 spiro atoms. The quantitative estimate of drug-likeness (QED) is 0.847. The molecule has 0 aliphatic carbocycles. The lowest BCUT2D eigenvalue weighted by Gasteiger charge is -2.35. The molecule has 138 valence electrons. The number of nitrogens with zero attached hydrogens (tertiary/aromatic N) is 2. The molecule has 1 atom stereocenters. The topological polar surface area (TPSA) is 91.8 Å². The van der Waals surface area contributed by atoms with Crippen LogP contribution in [0, 0.1) is 5.92 Å². The molecule has 7 heteroatoms. The van der Waals surface area contributed by atoms with Gasteiger partial charge in [0.25, 0.3) is 0 Å². The zero-order chi connectivity index (χ0) is 17.6. The highest BCUT2D eigenvalue weighted by molar-refractivity contribution is 5.78. The normalized spacial score (nSPS) is 21.0. The van der Waals surface area contributed by atoms with Crippen molar-refractivity contribution in [3.63, 3.8) is 0 Å². The first-order chi connectivity index (χ1) is 12.1. The van der Waals surface area contributed by atoms with Crippen LogP contribution in [0.5, 0.6) is 0 Å². The molecule has 3 heterocycles. The zero-order valence-corrected chi connectivity index (χ0v) is 14.7. The Hall–Kier alpha value is -2.02. The van der Waals surface area contributed by atoms with E-state index in [2.05, 4.69) is 10.2 Å². The van der Waals surface area contributed by atoms with E-state index in [1.165, 1.54) is 19.3 Å². The molecule has 2 fully saturated rings. The van der Waals surface area contributed by atoms with Crippen LogP contribution < -0.4 is 11.1 Å². The molecule has 0 aromatic carbocycles. The van der Waals surface area contributed by atoms with E-state index in [0.29, 0.717) is 32.5 Å². The lowest BCUT2D eigenvalue weighted by Crippen LogP contribution is -2.48. The van der Waals surface area contributed by atoms with Crippen LogP contribution in [-0.4, -0.2) is 54.5 Å². The summed E-state index contributed by atoms with van der Waals surface area (Å²) in [5.41, 5.74) is 5.35. The van der Waals surface area contributed by atoms with Gasteiger partial charge < -0.3 is 20.4 Å². The summed E-state index contributed by atoms with van der Waals surface area (Å²) in [5, 5.41) is 3.05. The maximum Gasteiger partial charge on any atom is 0.317 e. The van der Waals surface area contributed by atoms with Crippen LogP contribution in [0.2, 0.25) is 0 Å². The minimum atomic E-state index is -0.261. The molecule has 3 rings (SSSR count). The van der Waals surface area contributed by atoms with Crippen LogP contribution in [0.4, 0.5) is 4.79 Å². The van der Waals surface area contributed by atoms with Crippen LogP contribution in [0.25, 0.3) is 0 Å². The monoisotopic (exact) mass is 348 g/mol. The van der Waals surface area contributed by atoms with Gasteiger partial charge in [0.1, 0.15) is 5.76 Å². The Morgan fingerprint density at radius 2 is 1.92 bits per heavy atom. The summed E-state index contributed by atoms with van der Waals surface area (Å²) in [7, 11) is 0. The van der Waals surface area contributed by atoms with Crippen molar-refractivity contribution in [2.75, 3.05) is 32.7 Å². The first-order valence-corrected chi connectivity index (χ1v) is 9.24. The fraction of sp³-hybridized carbons (Fsp3) is 0.667. The van der Waals surface area contributed by atoms with Crippen LogP contribution in [0.1, 0.15) is 43.9 Å². The molecule has 2 saturated heterocycles. The number of primary amides is 1. The third-order valence-electron chi connectivity index (χ3n) is 5.33. The van der Waals surface area contributed by atoms with Crippen LogP contribution in [0.3, 0.4) is 0 Å². The molecule has 2 aliphatic rings. The summed E-state index contributed by atoms with van der Waals surface area (Å²) in [5.74, 6) is 0.533. The van der Waals surface area contributed by atoms with Crippen LogP contribution in [-0.2, 0) is 4.79 Å². The molecule has 1 unspecified atom stereocenters. The highest BCUT2D eigenvalue weighted by Crippen LogP contribution is 2.24. The van der Waals surface area contributed by atoms with Gasteiger partial charge in [0.15, 0.2) is 0 Å². The lowest BCUT2D eigenvalue weighted by atomic mass is 9.96. The zero-order valence-electron chi connectivity index (χ0n) is 14.7. The number of nitrogens with two attached hydrogens (primary N) is 1. The SMILES string of the molecule is NC(=O)C1CCN(C(=O)NCC(c2ccco2)N2CCCCC2)CC1. The second kappa shape index (κ2) is 8.38. The Morgan fingerprint density at radius 1 is 1.20 bits per heavy atom. The van der Waals surface area contributed by atoms with E-state index < -0.39 is 0 Å². The molecular formula is C18H28N4O3. The molecule has 7 nitrogen and oxygen atoms in total. The lowest BCUT2D eigenvalue weighted by molar-refractivity contribution is -0.123. The van der Waals surface area contributed by atoms with Gasteiger partial charge in [0.2, 0.25) is 5.91 Å². The second-order valence-electron chi connectivity index (χ2n) is 6.98. The number of hydrogen-bond acceptors (Lipinski definition) is 4. The minimum absolute atomic E-state index is 0.0717. The fourth-order valence-corrected chi connectivity index (χ4v) is 3.78. The highest BCUT2D eigenvalue weighted by Gasteiger charge is 2.28. The van der Waals surface area contributed by atoms with E-state index in [1.54, 1.807) is 11.2 Å². The molecule has 1 aromatic rings. The smallest absolute Gasteiger partial charge is 0.317 e. The third kappa shape index (κ3) is 4.54. The average molecular weight is 348 g/mol. The van der Waals surface area contributed by atoms with E-state index in [-0.39, 0.29) is 23.9 Å². The van der Waals surface area contributed by atoms with E-state index in [9.17, 15) is 9.59 Å². The number of amides is 3. The molecule has 3 amide bonds. The molecule has 0 bridgehead atoms. The highest BCUT2D eigenvalue weighted by atomic mass is 16.3. The number of furan rings is 1. The molecule has 1 aromatic heterocycles. The summed E-state index contributed by atoms with van der Waals surface area (Å²) < 4.78 is 5.61. The van der Waals surface area contributed by atoms with Crippen LogP contribution in [0.15, 0.2) is 22.8 Å². The predicted molar refractivity (Wildman–Crippen MR) is 93.8 cm³/mol. The Labute approximate surface area is 148 Å². The van der Waals surface area contributed by atoms with E-state index in [0.717, 1.165) is 18.8 Å². The van der Waals surface area contributed by atoms with Crippen molar-refractivity contribution in [2.45, 2.75) is 38.1 Å². The molecule has 0 radical (unpaired) electrons. The van der Waals surface area contributed by atoms with Gasteiger partial charge in [-0.05, 0) is 50.9 Å². The number of carbonyl (C=O) groups is 2. The first kappa shape index (κ1) is 17.8. The molecule has 2 aliphatic heterocycles. The van der Waals surface area contributed by atoms with Crippen molar-refractivity contribution < 1.29 is 14.0 Å². The van der Waals surface area contributed by atoms with E-state index >= 15 is 0 Å². The maximum absolute atomic E-state index is 12.5. The third-order valence-corrected chi connectivity index (χ3v) is 5.33. The van der Waals surface area contributed by atoms with Gasteiger partial charge in [-0.2, -0.15) is 0 Å². The number of hydrogen-bond donors (Lipinski definition) is 2.